The van der Waals surface area contributed by atoms with E-state index in [4.69, 9.17) is 14.6 Å². The van der Waals surface area contributed by atoms with Gasteiger partial charge in [-0.1, -0.05) is 15.9 Å². The van der Waals surface area contributed by atoms with Crippen LogP contribution in [0.25, 0.3) is 6.08 Å². The zero-order chi connectivity index (χ0) is 15.2. The first-order chi connectivity index (χ1) is 10.1. The lowest BCUT2D eigenvalue weighted by Crippen LogP contribution is -2.29. The third-order valence-electron chi connectivity index (χ3n) is 3.59. The summed E-state index contributed by atoms with van der Waals surface area (Å²) in [6.07, 6.45) is 7.20. The quantitative estimate of drug-likeness (QED) is 0.815. The molecule has 21 heavy (non-hydrogen) atoms. The van der Waals surface area contributed by atoms with Crippen molar-refractivity contribution in [3.63, 3.8) is 0 Å². The molecule has 114 valence electrons. The summed E-state index contributed by atoms with van der Waals surface area (Å²) in [7, 11) is 1.74. The van der Waals surface area contributed by atoms with Crippen molar-refractivity contribution in [2.45, 2.75) is 37.9 Å². The highest BCUT2D eigenvalue weighted by molar-refractivity contribution is 9.10. The van der Waals surface area contributed by atoms with Crippen LogP contribution < -0.4 is 4.74 Å². The molecule has 0 aliphatic heterocycles. The molecule has 1 aliphatic carbocycles. The summed E-state index contributed by atoms with van der Waals surface area (Å²) in [5.74, 6) is -0.214. The third-order valence-corrected chi connectivity index (χ3v) is 4.31. The summed E-state index contributed by atoms with van der Waals surface area (Å²) in [6.45, 7) is 0. The molecule has 1 aromatic rings. The van der Waals surface area contributed by atoms with Crippen molar-refractivity contribution < 1.29 is 19.4 Å². The van der Waals surface area contributed by atoms with Crippen LogP contribution in [0.15, 0.2) is 28.7 Å². The Morgan fingerprint density at radius 1 is 1.38 bits per heavy atom. The van der Waals surface area contributed by atoms with Gasteiger partial charge in [0, 0.05) is 24.1 Å². The van der Waals surface area contributed by atoms with Gasteiger partial charge in [-0.25, -0.2) is 4.79 Å². The molecule has 0 saturated heterocycles. The second-order valence-electron chi connectivity index (χ2n) is 5.12. The minimum atomic E-state index is -0.969. The van der Waals surface area contributed by atoms with Crippen molar-refractivity contribution in [2.24, 2.45) is 0 Å². The van der Waals surface area contributed by atoms with Gasteiger partial charge in [-0.2, -0.15) is 0 Å². The average Bonchev–Trinajstić information content (AvgIpc) is 2.48. The molecule has 0 spiro atoms. The summed E-state index contributed by atoms with van der Waals surface area (Å²) >= 11 is 3.41. The highest BCUT2D eigenvalue weighted by Crippen LogP contribution is 2.28. The molecule has 0 aromatic heterocycles. The van der Waals surface area contributed by atoms with Crippen LogP contribution >= 0.6 is 15.9 Å². The Hall–Kier alpha value is -1.33. The number of hydrogen-bond donors (Lipinski definition) is 1. The number of halogens is 1. The number of carboxylic acids is 1. The number of aliphatic carboxylic acids is 1. The maximum atomic E-state index is 10.6. The summed E-state index contributed by atoms with van der Waals surface area (Å²) in [5, 5.41) is 8.71. The lowest BCUT2D eigenvalue weighted by atomic mass is 9.95. The maximum Gasteiger partial charge on any atom is 0.328 e. The Bertz CT molecular complexity index is 527. The average molecular weight is 355 g/mol. The zero-order valence-electron chi connectivity index (χ0n) is 11.9. The van der Waals surface area contributed by atoms with E-state index in [1.54, 1.807) is 13.2 Å². The van der Waals surface area contributed by atoms with Crippen molar-refractivity contribution in [1.82, 2.24) is 0 Å². The Labute approximate surface area is 132 Å². The predicted octanol–water partition coefficient (Wildman–Crippen LogP) is 3.88. The molecule has 2 atom stereocenters. The van der Waals surface area contributed by atoms with Gasteiger partial charge in [0.05, 0.1) is 6.10 Å². The molecule has 0 bridgehead atoms. The minimum absolute atomic E-state index is 0.154. The summed E-state index contributed by atoms with van der Waals surface area (Å²) in [5.41, 5.74) is 0.786. The largest absolute Gasteiger partial charge is 0.490 e. The fraction of sp³-hybridized carbons (Fsp3) is 0.438. The lowest BCUT2D eigenvalue weighted by Gasteiger charge is -2.28. The molecule has 1 fully saturated rings. The smallest absolute Gasteiger partial charge is 0.328 e. The van der Waals surface area contributed by atoms with Crippen molar-refractivity contribution in [1.29, 1.82) is 0 Å². The first-order valence-corrected chi connectivity index (χ1v) is 7.78. The highest BCUT2D eigenvalue weighted by atomic mass is 79.9. The van der Waals surface area contributed by atoms with Crippen LogP contribution in [0, 0.1) is 0 Å². The first kappa shape index (κ1) is 16.0. The zero-order valence-corrected chi connectivity index (χ0v) is 13.5. The standard InChI is InChI=1S/C16H19BrO4/c1-20-12-3-2-4-13(10-12)21-14-6-7-15(17)11(9-14)5-8-16(18)19/h5-9,12-13H,2-4,10H2,1H3,(H,18,19)/b8-5+. The van der Waals surface area contributed by atoms with Gasteiger partial charge in [-0.3, -0.25) is 0 Å². The number of methoxy groups -OCH3 is 1. The monoisotopic (exact) mass is 354 g/mol. The van der Waals surface area contributed by atoms with E-state index in [0.29, 0.717) is 0 Å². The molecule has 0 heterocycles. The number of carboxylic acid groups (broad SMARTS) is 1. The van der Waals surface area contributed by atoms with Crippen molar-refractivity contribution in [2.75, 3.05) is 7.11 Å². The van der Waals surface area contributed by atoms with Gasteiger partial charge in [0.2, 0.25) is 0 Å². The van der Waals surface area contributed by atoms with Crippen molar-refractivity contribution in [3.8, 4) is 5.75 Å². The van der Waals surface area contributed by atoms with E-state index in [-0.39, 0.29) is 12.2 Å². The number of carbonyl (C=O) groups is 1. The second kappa shape index (κ2) is 7.61. The van der Waals surface area contributed by atoms with Gasteiger partial charge in [0.15, 0.2) is 0 Å². The Kier molecular flexibility index (Phi) is 5.82. The summed E-state index contributed by atoms with van der Waals surface area (Å²) < 4.78 is 12.2. The number of ether oxygens (including phenoxy) is 2. The van der Waals surface area contributed by atoms with Crippen LogP contribution in [0.2, 0.25) is 0 Å². The third kappa shape index (κ3) is 4.86. The van der Waals surface area contributed by atoms with E-state index in [9.17, 15) is 4.79 Å². The minimum Gasteiger partial charge on any atom is -0.490 e. The van der Waals surface area contributed by atoms with E-state index in [1.807, 2.05) is 18.2 Å². The van der Waals surface area contributed by atoms with Gasteiger partial charge >= 0.3 is 5.97 Å². The molecule has 1 aromatic carbocycles. The fourth-order valence-electron chi connectivity index (χ4n) is 2.50. The van der Waals surface area contributed by atoms with E-state index >= 15 is 0 Å². The number of hydrogen-bond acceptors (Lipinski definition) is 3. The number of benzene rings is 1. The maximum absolute atomic E-state index is 10.6. The molecule has 1 N–H and O–H groups in total. The molecule has 0 radical (unpaired) electrons. The normalized spacial score (nSPS) is 22.4. The lowest BCUT2D eigenvalue weighted by molar-refractivity contribution is -0.131. The molecule has 2 unspecified atom stereocenters. The van der Waals surface area contributed by atoms with E-state index in [1.165, 1.54) is 0 Å². The van der Waals surface area contributed by atoms with Crippen molar-refractivity contribution >= 4 is 28.0 Å². The number of rotatable bonds is 5. The van der Waals surface area contributed by atoms with E-state index in [0.717, 1.165) is 47.5 Å². The molecule has 4 nitrogen and oxygen atoms in total. The summed E-state index contributed by atoms with van der Waals surface area (Å²) in [4.78, 5) is 10.6. The fourth-order valence-corrected chi connectivity index (χ4v) is 2.88. The van der Waals surface area contributed by atoms with Crippen LogP contribution in [0.3, 0.4) is 0 Å². The van der Waals surface area contributed by atoms with Gasteiger partial charge in [0.1, 0.15) is 11.9 Å². The Morgan fingerprint density at radius 3 is 2.86 bits per heavy atom. The molecular weight excluding hydrogens is 336 g/mol. The Morgan fingerprint density at radius 2 is 2.14 bits per heavy atom. The summed E-state index contributed by atoms with van der Waals surface area (Å²) in [6, 6.07) is 5.60. The SMILES string of the molecule is COC1CCCC(Oc2ccc(Br)c(/C=C/C(=O)O)c2)C1. The Balaban J connectivity index is 2.06. The molecule has 1 aliphatic rings. The second-order valence-corrected chi connectivity index (χ2v) is 5.97. The molecule has 5 heteroatoms. The topological polar surface area (TPSA) is 55.8 Å². The van der Waals surface area contributed by atoms with Gasteiger partial charge < -0.3 is 14.6 Å². The van der Waals surface area contributed by atoms with Crippen LogP contribution in [-0.2, 0) is 9.53 Å². The van der Waals surface area contributed by atoms with Gasteiger partial charge in [-0.05, 0) is 49.1 Å². The van der Waals surface area contributed by atoms with E-state index in [2.05, 4.69) is 15.9 Å². The molecule has 0 amide bonds. The van der Waals surface area contributed by atoms with Crippen molar-refractivity contribution in [3.05, 3.63) is 34.3 Å². The van der Waals surface area contributed by atoms with E-state index < -0.39 is 5.97 Å². The molecular formula is C16H19BrO4. The predicted molar refractivity (Wildman–Crippen MR) is 84.5 cm³/mol. The van der Waals surface area contributed by atoms with Crippen LogP contribution in [0.1, 0.15) is 31.2 Å². The molecule has 2 rings (SSSR count). The first-order valence-electron chi connectivity index (χ1n) is 6.98. The molecule has 1 saturated carbocycles. The van der Waals surface area contributed by atoms with Gasteiger partial charge in [0.25, 0.3) is 0 Å². The highest BCUT2D eigenvalue weighted by Gasteiger charge is 2.23. The van der Waals surface area contributed by atoms with Gasteiger partial charge in [-0.15, -0.1) is 0 Å². The van der Waals surface area contributed by atoms with Crippen LogP contribution in [0.4, 0.5) is 0 Å². The van der Waals surface area contributed by atoms with Crippen LogP contribution in [-0.4, -0.2) is 30.4 Å². The van der Waals surface area contributed by atoms with Crippen LogP contribution in [0.5, 0.6) is 5.75 Å².